The van der Waals surface area contributed by atoms with Gasteiger partial charge in [-0.15, -0.1) is 0 Å². The highest BCUT2D eigenvalue weighted by atomic mass is 32.2. The standard InChI is InChI=1S/C16H27NO3S/c18-15(14-9-17-5-1-2-13(17)10-19-14)12-3-6-20-16(8-12)4-7-21-11-16/h12-15,18H,1-11H2. The molecule has 4 rings (SSSR count). The summed E-state index contributed by atoms with van der Waals surface area (Å²) in [7, 11) is 0. The molecule has 0 aromatic heterocycles. The van der Waals surface area contributed by atoms with Gasteiger partial charge in [0.25, 0.3) is 0 Å². The number of rotatable bonds is 2. The van der Waals surface area contributed by atoms with E-state index in [1.165, 1.54) is 25.1 Å². The molecular weight excluding hydrogens is 286 g/mol. The third-order valence-electron chi connectivity index (χ3n) is 5.88. The Balaban J connectivity index is 1.38. The van der Waals surface area contributed by atoms with Crippen LogP contribution in [0.4, 0.5) is 0 Å². The number of thioether (sulfide) groups is 1. The maximum absolute atomic E-state index is 10.8. The third-order valence-corrected chi connectivity index (χ3v) is 7.10. The van der Waals surface area contributed by atoms with E-state index in [1.807, 2.05) is 11.8 Å². The van der Waals surface area contributed by atoms with Gasteiger partial charge < -0.3 is 14.6 Å². The van der Waals surface area contributed by atoms with Crippen molar-refractivity contribution in [1.29, 1.82) is 0 Å². The summed E-state index contributed by atoms with van der Waals surface area (Å²) in [4.78, 5) is 2.53. The predicted octanol–water partition coefficient (Wildman–Crippen LogP) is 1.51. The van der Waals surface area contributed by atoms with Crippen LogP contribution in [0, 0.1) is 5.92 Å². The molecule has 0 saturated carbocycles. The van der Waals surface area contributed by atoms with Gasteiger partial charge in [-0.25, -0.2) is 0 Å². The van der Waals surface area contributed by atoms with Crippen molar-refractivity contribution in [2.45, 2.75) is 56.0 Å². The predicted molar refractivity (Wildman–Crippen MR) is 83.7 cm³/mol. The Labute approximate surface area is 131 Å². The Morgan fingerprint density at radius 1 is 1.33 bits per heavy atom. The van der Waals surface area contributed by atoms with Gasteiger partial charge >= 0.3 is 0 Å². The molecule has 4 nitrogen and oxygen atoms in total. The van der Waals surface area contributed by atoms with Crippen molar-refractivity contribution in [2.75, 3.05) is 37.8 Å². The van der Waals surface area contributed by atoms with E-state index < -0.39 is 0 Å². The second kappa shape index (κ2) is 6.00. The van der Waals surface area contributed by atoms with Gasteiger partial charge in [0.15, 0.2) is 0 Å². The molecule has 0 radical (unpaired) electrons. The van der Waals surface area contributed by atoms with E-state index >= 15 is 0 Å². The van der Waals surface area contributed by atoms with Crippen molar-refractivity contribution in [3.8, 4) is 0 Å². The summed E-state index contributed by atoms with van der Waals surface area (Å²) in [5, 5.41) is 10.8. The third kappa shape index (κ3) is 2.88. The molecule has 0 aliphatic carbocycles. The number of aliphatic hydroxyl groups excluding tert-OH is 1. The number of ether oxygens (including phenoxy) is 2. The Morgan fingerprint density at radius 3 is 3.14 bits per heavy atom. The van der Waals surface area contributed by atoms with E-state index in [0.717, 1.165) is 44.8 Å². The zero-order valence-electron chi connectivity index (χ0n) is 12.7. The first-order chi connectivity index (χ1) is 10.3. The van der Waals surface area contributed by atoms with Crippen LogP contribution in [0.5, 0.6) is 0 Å². The smallest absolute Gasteiger partial charge is 0.0964 e. The second-order valence-corrected chi connectivity index (χ2v) is 8.35. The summed E-state index contributed by atoms with van der Waals surface area (Å²) in [6.45, 7) is 3.73. The highest BCUT2D eigenvalue weighted by Gasteiger charge is 2.45. The summed E-state index contributed by atoms with van der Waals surface area (Å²) in [5.74, 6) is 2.66. The summed E-state index contributed by atoms with van der Waals surface area (Å²) < 4.78 is 12.1. The average Bonchev–Trinajstić information content (AvgIpc) is 3.15. The lowest BCUT2D eigenvalue weighted by Gasteiger charge is -2.43. The lowest BCUT2D eigenvalue weighted by Crippen LogP contribution is -2.54. The van der Waals surface area contributed by atoms with Crippen LogP contribution in [0.2, 0.25) is 0 Å². The molecule has 5 unspecified atom stereocenters. The molecule has 0 aromatic rings. The molecule has 5 atom stereocenters. The fourth-order valence-corrected chi connectivity index (χ4v) is 5.95. The summed E-state index contributed by atoms with van der Waals surface area (Å²) in [5.41, 5.74) is 0.0550. The molecule has 4 saturated heterocycles. The summed E-state index contributed by atoms with van der Waals surface area (Å²) in [6, 6.07) is 0.612. The monoisotopic (exact) mass is 313 g/mol. The number of hydrogen-bond donors (Lipinski definition) is 1. The van der Waals surface area contributed by atoms with Crippen LogP contribution in [0.3, 0.4) is 0 Å². The van der Waals surface area contributed by atoms with Crippen LogP contribution in [-0.2, 0) is 9.47 Å². The molecule has 4 aliphatic rings. The molecule has 0 bridgehead atoms. The van der Waals surface area contributed by atoms with Gasteiger partial charge in [-0.05, 0) is 50.3 Å². The first kappa shape index (κ1) is 14.8. The van der Waals surface area contributed by atoms with Gasteiger partial charge in [-0.3, -0.25) is 4.90 Å². The largest absolute Gasteiger partial charge is 0.390 e. The topological polar surface area (TPSA) is 41.9 Å². The van der Waals surface area contributed by atoms with Crippen molar-refractivity contribution in [1.82, 2.24) is 4.90 Å². The quantitative estimate of drug-likeness (QED) is 0.837. The van der Waals surface area contributed by atoms with Crippen molar-refractivity contribution >= 4 is 11.8 Å². The van der Waals surface area contributed by atoms with E-state index in [1.54, 1.807) is 0 Å². The second-order valence-electron chi connectivity index (χ2n) is 7.24. The minimum Gasteiger partial charge on any atom is -0.390 e. The first-order valence-electron chi connectivity index (χ1n) is 8.51. The molecule has 1 N–H and O–H groups in total. The fourth-order valence-electron chi connectivity index (χ4n) is 4.57. The normalized spacial score (nSPS) is 45.9. The Hall–Kier alpha value is 0.190. The fraction of sp³-hybridized carbons (Fsp3) is 1.00. The van der Waals surface area contributed by atoms with E-state index in [0.29, 0.717) is 12.0 Å². The lowest BCUT2D eigenvalue weighted by molar-refractivity contribution is -0.151. The maximum Gasteiger partial charge on any atom is 0.0964 e. The molecule has 0 amide bonds. The van der Waals surface area contributed by atoms with Crippen LogP contribution >= 0.6 is 11.8 Å². The molecule has 0 aromatic carbocycles. The van der Waals surface area contributed by atoms with E-state index in [4.69, 9.17) is 9.47 Å². The van der Waals surface area contributed by atoms with Gasteiger partial charge in [0, 0.05) is 24.9 Å². The van der Waals surface area contributed by atoms with Crippen LogP contribution in [-0.4, -0.2) is 71.7 Å². The summed E-state index contributed by atoms with van der Waals surface area (Å²) >= 11 is 2.00. The van der Waals surface area contributed by atoms with E-state index in [2.05, 4.69) is 4.90 Å². The minimum atomic E-state index is -0.321. The van der Waals surface area contributed by atoms with Crippen LogP contribution in [0.25, 0.3) is 0 Å². The van der Waals surface area contributed by atoms with Crippen molar-refractivity contribution in [3.05, 3.63) is 0 Å². The van der Waals surface area contributed by atoms with Crippen molar-refractivity contribution in [2.24, 2.45) is 5.92 Å². The number of morpholine rings is 1. The Bertz CT molecular complexity index is 375. The molecule has 5 heteroatoms. The minimum absolute atomic E-state index is 0.00792. The Kier molecular flexibility index (Phi) is 4.22. The van der Waals surface area contributed by atoms with Gasteiger partial charge in [-0.2, -0.15) is 11.8 Å². The molecule has 21 heavy (non-hydrogen) atoms. The molecule has 4 heterocycles. The van der Waals surface area contributed by atoms with Gasteiger partial charge in [0.1, 0.15) is 0 Å². The SMILES string of the molecule is OC(C1CCOC2(CCSC2)C1)C1CN2CCCC2CO1. The van der Waals surface area contributed by atoms with Crippen LogP contribution in [0.15, 0.2) is 0 Å². The number of fused-ring (bicyclic) bond motifs is 1. The number of hydrogen-bond acceptors (Lipinski definition) is 5. The van der Waals surface area contributed by atoms with Crippen LogP contribution in [0.1, 0.15) is 32.1 Å². The highest BCUT2D eigenvalue weighted by Crippen LogP contribution is 2.42. The van der Waals surface area contributed by atoms with Crippen LogP contribution < -0.4 is 0 Å². The Morgan fingerprint density at radius 2 is 2.29 bits per heavy atom. The molecule has 120 valence electrons. The average molecular weight is 313 g/mol. The van der Waals surface area contributed by atoms with Gasteiger partial charge in [0.2, 0.25) is 0 Å². The zero-order valence-corrected chi connectivity index (χ0v) is 13.5. The number of aliphatic hydroxyl groups is 1. The lowest BCUT2D eigenvalue weighted by atomic mass is 9.80. The molecular formula is C16H27NO3S. The summed E-state index contributed by atoms with van der Waals surface area (Å²) in [6.07, 6.45) is 5.39. The van der Waals surface area contributed by atoms with Crippen molar-refractivity contribution in [3.63, 3.8) is 0 Å². The molecule has 4 aliphatic heterocycles. The van der Waals surface area contributed by atoms with Gasteiger partial charge in [0.05, 0.1) is 24.4 Å². The maximum atomic E-state index is 10.8. The van der Waals surface area contributed by atoms with E-state index in [-0.39, 0.29) is 17.8 Å². The van der Waals surface area contributed by atoms with Crippen molar-refractivity contribution < 1.29 is 14.6 Å². The highest BCUT2D eigenvalue weighted by molar-refractivity contribution is 7.99. The molecule has 1 spiro atoms. The van der Waals surface area contributed by atoms with E-state index in [9.17, 15) is 5.11 Å². The van der Waals surface area contributed by atoms with Gasteiger partial charge in [-0.1, -0.05) is 0 Å². The molecule has 4 fully saturated rings. The first-order valence-corrected chi connectivity index (χ1v) is 9.67. The number of nitrogens with zero attached hydrogens (tertiary/aromatic N) is 1. The zero-order chi connectivity index (χ0) is 14.3.